The minimum atomic E-state index is -0.222. The van der Waals surface area contributed by atoms with Gasteiger partial charge in [-0.1, -0.05) is 30.8 Å². The second-order valence-electron chi connectivity index (χ2n) is 6.66. The Morgan fingerprint density at radius 3 is 2.77 bits per heavy atom. The smallest absolute Gasteiger partial charge is 0.257 e. The van der Waals surface area contributed by atoms with Gasteiger partial charge in [-0.15, -0.1) is 0 Å². The SMILES string of the molecule is CCc1c(C)nc2n(c1=O)CC(C(=O)N(CC)c1cccc(C)c1)CS2. The molecule has 0 N–H and O–H groups in total. The van der Waals surface area contributed by atoms with Crippen molar-refractivity contribution in [3.8, 4) is 0 Å². The zero-order chi connectivity index (χ0) is 18.8. The predicted octanol–water partition coefficient (Wildman–Crippen LogP) is 3.20. The van der Waals surface area contributed by atoms with Crippen molar-refractivity contribution in [2.24, 2.45) is 5.92 Å². The number of nitrogens with zero attached hydrogens (tertiary/aromatic N) is 3. The van der Waals surface area contributed by atoms with E-state index in [2.05, 4.69) is 4.98 Å². The van der Waals surface area contributed by atoms with Gasteiger partial charge in [0.15, 0.2) is 5.16 Å². The Hall–Kier alpha value is -2.08. The van der Waals surface area contributed by atoms with Crippen LogP contribution >= 0.6 is 11.8 Å². The molecule has 5 nitrogen and oxygen atoms in total. The van der Waals surface area contributed by atoms with E-state index in [4.69, 9.17) is 0 Å². The molecule has 2 aromatic rings. The summed E-state index contributed by atoms with van der Waals surface area (Å²) in [5.41, 5.74) is 3.58. The molecule has 1 atom stereocenters. The van der Waals surface area contributed by atoms with Gasteiger partial charge in [-0.05, 0) is 44.9 Å². The fourth-order valence-corrected chi connectivity index (χ4v) is 4.55. The lowest BCUT2D eigenvalue weighted by atomic mass is 10.1. The van der Waals surface area contributed by atoms with Crippen molar-refractivity contribution in [1.29, 1.82) is 0 Å². The van der Waals surface area contributed by atoms with E-state index in [-0.39, 0.29) is 17.4 Å². The maximum atomic E-state index is 13.2. The van der Waals surface area contributed by atoms with E-state index in [0.29, 0.717) is 25.3 Å². The minimum Gasteiger partial charge on any atom is -0.312 e. The molecule has 3 rings (SSSR count). The topological polar surface area (TPSA) is 55.2 Å². The zero-order valence-electron chi connectivity index (χ0n) is 15.8. The number of benzene rings is 1. The number of amides is 1. The monoisotopic (exact) mass is 371 g/mol. The Labute approximate surface area is 158 Å². The zero-order valence-corrected chi connectivity index (χ0v) is 16.6. The fourth-order valence-electron chi connectivity index (χ4n) is 3.43. The van der Waals surface area contributed by atoms with Gasteiger partial charge in [-0.2, -0.15) is 0 Å². The Balaban J connectivity index is 1.90. The molecule has 0 spiro atoms. The molecule has 138 valence electrons. The van der Waals surface area contributed by atoms with Crippen LogP contribution in [0.4, 0.5) is 5.69 Å². The van der Waals surface area contributed by atoms with Gasteiger partial charge >= 0.3 is 0 Å². The Kier molecular flexibility index (Phi) is 5.51. The number of thioether (sulfide) groups is 1. The lowest BCUT2D eigenvalue weighted by molar-refractivity contribution is -0.122. The molecule has 26 heavy (non-hydrogen) atoms. The number of rotatable bonds is 4. The second-order valence-corrected chi connectivity index (χ2v) is 7.64. The molecule has 1 aliphatic rings. The summed E-state index contributed by atoms with van der Waals surface area (Å²) in [4.78, 5) is 32.3. The van der Waals surface area contributed by atoms with Crippen molar-refractivity contribution in [2.75, 3.05) is 17.2 Å². The molecule has 2 heterocycles. The molecule has 1 unspecified atom stereocenters. The predicted molar refractivity (Wildman–Crippen MR) is 106 cm³/mol. The molecule has 1 aliphatic heterocycles. The molecular weight excluding hydrogens is 346 g/mol. The minimum absolute atomic E-state index is 0.00129. The third kappa shape index (κ3) is 3.43. The standard InChI is InChI=1S/C20H25N3O2S/c1-5-17-14(4)21-20-23(19(17)25)11-15(12-26-20)18(24)22(6-2)16-9-7-8-13(3)10-16/h7-10,15H,5-6,11-12H2,1-4H3. The van der Waals surface area contributed by atoms with Gasteiger partial charge in [0.1, 0.15) is 0 Å². The van der Waals surface area contributed by atoms with Gasteiger partial charge in [0.25, 0.3) is 5.56 Å². The van der Waals surface area contributed by atoms with Crippen molar-refractivity contribution < 1.29 is 4.79 Å². The summed E-state index contributed by atoms with van der Waals surface area (Å²) >= 11 is 1.50. The molecule has 1 aromatic heterocycles. The van der Waals surface area contributed by atoms with Gasteiger partial charge in [0, 0.05) is 35.8 Å². The van der Waals surface area contributed by atoms with E-state index in [9.17, 15) is 9.59 Å². The van der Waals surface area contributed by atoms with Crippen LogP contribution in [0.5, 0.6) is 0 Å². The van der Waals surface area contributed by atoms with Gasteiger partial charge in [-0.25, -0.2) is 4.98 Å². The highest BCUT2D eigenvalue weighted by Gasteiger charge is 2.31. The average molecular weight is 372 g/mol. The first-order chi connectivity index (χ1) is 12.5. The van der Waals surface area contributed by atoms with Crippen LogP contribution in [0.2, 0.25) is 0 Å². The van der Waals surface area contributed by atoms with Gasteiger partial charge in [0.2, 0.25) is 5.91 Å². The van der Waals surface area contributed by atoms with Crippen LogP contribution in [0, 0.1) is 19.8 Å². The van der Waals surface area contributed by atoms with E-state index < -0.39 is 0 Å². The largest absolute Gasteiger partial charge is 0.312 e. The number of carbonyl (C=O) groups is 1. The molecule has 0 fully saturated rings. The summed E-state index contributed by atoms with van der Waals surface area (Å²) in [6.45, 7) is 8.87. The quantitative estimate of drug-likeness (QED) is 0.775. The summed E-state index contributed by atoms with van der Waals surface area (Å²) in [7, 11) is 0. The molecule has 1 amide bonds. The number of hydrogen-bond acceptors (Lipinski definition) is 4. The van der Waals surface area contributed by atoms with E-state index >= 15 is 0 Å². The summed E-state index contributed by atoms with van der Waals surface area (Å²) in [6.07, 6.45) is 0.658. The maximum Gasteiger partial charge on any atom is 0.257 e. The first-order valence-electron chi connectivity index (χ1n) is 9.07. The van der Waals surface area contributed by atoms with Crippen LogP contribution < -0.4 is 10.5 Å². The van der Waals surface area contributed by atoms with Crippen LogP contribution in [0.1, 0.15) is 30.7 Å². The Bertz CT molecular complexity index is 891. The van der Waals surface area contributed by atoms with Gasteiger partial charge in [-0.3, -0.25) is 14.2 Å². The third-order valence-corrected chi connectivity index (χ3v) is 5.99. The summed E-state index contributed by atoms with van der Waals surface area (Å²) in [5.74, 6) is 0.500. The highest BCUT2D eigenvalue weighted by Crippen LogP contribution is 2.28. The fraction of sp³-hybridized carbons (Fsp3) is 0.450. The number of aromatic nitrogens is 2. The molecule has 0 saturated carbocycles. The number of hydrogen-bond donors (Lipinski definition) is 0. The number of fused-ring (bicyclic) bond motifs is 1. The molecule has 6 heteroatoms. The van der Waals surface area contributed by atoms with Crippen LogP contribution in [0.3, 0.4) is 0 Å². The average Bonchev–Trinajstić information content (AvgIpc) is 2.62. The molecular formula is C20H25N3O2S. The number of carbonyl (C=O) groups excluding carboxylic acids is 1. The van der Waals surface area contributed by atoms with Crippen LogP contribution in [-0.4, -0.2) is 27.8 Å². The first kappa shape index (κ1) is 18.7. The summed E-state index contributed by atoms with van der Waals surface area (Å²) < 4.78 is 1.69. The summed E-state index contributed by atoms with van der Waals surface area (Å²) in [6, 6.07) is 7.98. The van der Waals surface area contributed by atoms with Crippen LogP contribution in [-0.2, 0) is 17.8 Å². The van der Waals surface area contributed by atoms with Crippen molar-refractivity contribution in [3.63, 3.8) is 0 Å². The van der Waals surface area contributed by atoms with Crippen molar-refractivity contribution in [1.82, 2.24) is 9.55 Å². The van der Waals surface area contributed by atoms with Crippen LogP contribution in [0.15, 0.2) is 34.2 Å². The van der Waals surface area contributed by atoms with Crippen molar-refractivity contribution >= 4 is 23.4 Å². The number of anilines is 1. The van der Waals surface area contributed by atoms with E-state index in [1.807, 2.05) is 56.9 Å². The van der Waals surface area contributed by atoms with Gasteiger partial charge < -0.3 is 4.90 Å². The maximum absolute atomic E-state index is 13.2. The van der Waals surface area contributed by atoms with E-state index in [1.54, 1.807) is 4.57 Å². The highest BCUT2D eigenvalue weighted by molar-refractivity contribution is 7.99. The summed E-state index contributed by atoms with van der Waals surface area (Å²) in [5, 5.41) is 0.729. The molecule has 0 radical (unpaired) electrons. The van der Waals surface area contributed by atoms with Crippen molar-refractivity contribution in [2.45, 2.75) is 45.8 Å². The molecule has 0 saturated heterocycles. The Morgan fingerprint density at radius 1 is 1.35 bits per heavy atom. The molecule has 1 aromatic carbocycles. The second kappa shape index (κ2) is 7.66. The van der Waals surface area contributed by atoms with E-state index in [0.717, 1.165) is 27.7 Å². The van der Waals surface area contributed by atoms with Crippen molar-refractivity contribution in [3.05, 3.63) is 51.4 Å². The highest BCUT2D eigenvalue weighted by atomic mass is 32.2. The third-order valence-electron chi connectivity index (χ3n) is 4.85. The first-order valence-corrected chi connectivity index (χ1v) is 10.1. The molecule has 0 bridgehead atoms. The van der Waals surface area contributed by atoms with Gasteiger partial charge in [0.05, 0.1) is 5.92 Å². The number of aryl methyl sites for hydroxylation is 2. The lowest BCUT2D eigenvalue weighted by Gasteiger charge is -2.30. The lowest BCUT2D eigenvalue weighted by Crippen LogP contribution is -2.43. The van der Waals surface area contributed by atoms with E-state index in [1.165, 1.54) is 11.8 Å². The Morgan fingerprint density at radius 2 is 2.12 bits per heavy atom. The normalized spacial score (nSPS) is 16.2. The van der Waals surface area contributed by atoms with Crippen LogP contribution in [0.25, 0.3) is 0 Å². The molecule has 0 aliphatic carbocycles.